The summed E-state index contributed by atoms with van der Waals surface area (Å²) in [5, 5.41) is 5.89. The van der Waals surface area contributed by atoms with Gasteiger partial charge in [0.2, 0.25) is 9.70 Å². The third kappa shape index (κ3) is 6.64. The van der Waals surface area contributed by atoms with Crippen LogP contribution in [0, 0.1) is 13.8 Å². The van der Waals surface area contributed by atoms with E-state index >= 15 is 0 Å². The van der Waals surface area contributed by atoms with Gasteiger partial charge < -0.3 is 10.6 Å². The molecule has 0 spiro atoms. The van der Waals surface area contributed by atoms with Crippen LogP contribution < -0.4 is 10.6 Å². The van der Waals surface area contributed by atoms with E-state index in [0.29, 0.717) is 6.42 Å². The van der Waals surface area contributed by atoms with Crippen molar-refractivity contribution >= 4 is 46.4 Å². The zero-order valence-corrected chi connectivity index (χ0v) is 15.4. The van der Waals surface area contributed by atoms with Gasteiger partial charge in [-0.25, -0.2) is 0 Å². The van der Waals surface area contributed by atoms with Gasteiger partial charge in [0.05, 0.1) is 0 Å². The Morgan fingerprint density at radius 3 is 2.50 bits per heavy atom. The van der Waals surface area contributed by atoms with Crippen LogP contribution in [0.2, 0.25) is 0 Å². The number of nitrogens with one attached hydrogen (secondary N) is 2. The molecule has 0 aliphatic heterocycles. The molecule has 6 heteroatoms. The molecular weight excluding hydrogens is 343 g/mol. The number of amides is 1. The van der Waals surface area contributed by atoms with Crippen LogP contribution >= 0.6 is 34.8 Å². The number of alkyl halides is 3. The predicted octanol–water partition coefficient (Wildman–Crippen LogP) is 5.11. The average Bonchev–Trinajstić information content (AvgIpc) is 2.41. The summed E-state index contributed by atoms with van der Waals surface area (Å²) in [6.07, 6.45) is 2.54. The lowest BCUT2D eigenvalue weighted by molar-refractivity contribution is -0.121. The van der Waals surface area contributed by atoms with Gasteiger partial charge in [-0.1, -0.05) is 66.7 Å². The van der Waals surface area contributed by atoms with Crippen LogP contribution in [-0.4, -0.2) is 15.9 Å². The number of halogens is 3. The fourth-order valence-corrected chi connectivity index (χ4v) is 2.34. The molecule has 1 aromatic carbocycles. The first-order chi connectivity index (χ1) is 10.2. The third-order valence-electron chi connectivity index (χ3n) is 3.33. The molecule has 0 heterocycles. The van der Waals surface area contributed by atoms with Crippen LogP contribution in [0.15, 0.2) is 18.2 Å². The molecular formula is C16H23Cl3N2O. The second kappa shape index (κ2) is 8.85. The molecule has 124 valence electrons. The van der Waals surface area contributed by atoms with Gasteiger partial charge in [0.15, 0.2) is 0 Å². The first kappa shape index (κ1) is 19.4. The van der Waals surface area contributed by atoms with Crippen molar-refractivity contribution in [2.75, 3.05) is 5.32 Å². The Bertz CT molecular complexity index is 501. The second-order valence-electron chi connectivity index (χ2n) is 5.46. The smallest absolute Gasteiger partial charge is 0.228 e. The zero-order valence-electron chi connectivity index (χ0n) is 13.2. The molecule has 22 heavy (non-hydrogen) atoms. The van der Waals surface area contributed by atoms with E-state index in [1.807, 2.05) is 32.0 Å². The van der Waals surface area contributed by atoms with E-state index in [1.165, 1.54) is 0 Å². The Balaban J connectivity index is 2.77. The highest BCUT2D eigenvalue weighted by Crippen LogP contribution is 2.32. The predicted molar refractivity (Wildman–Crippen MR) is 95.9 cm³/mol. The van der Waals surface area contributed by atoms with E-state index in [2.05, 4.69) is 17.6 Å². The average molecular weight is 366 g/mol. The van der Waals surface area contributed by atoms with Crippen LogP contribution in [0.25, 0.3) is 0 Å². The minimum absolute atomic E-state index is 0.123. The molecule has 1 rings (SSSR count). The van der Waals surface area contributed by atoms with Crippen molar-refractivity contribution in [2.24, 2.45) is 0 Å². The van der Waals surface area contributed by atoms with E-state index in [0.717, 1.165) is 36.1 Å². The van der Waals surface area contributed by atoms with Crippen molar-refractivity contribution in [1.82, 2.24) is 5.32 Å². The highest BCUT2D eigenvalue weighted by Gasteiger charge is 2.34. The third-order valence-corrected chi connectivity index (χ3v) is 3.99. The molecule has 0 unspecified atom stereocenters. The molecule has 0 aliphatic carbocycles. The van der Waals surface area contributed by atoms with Gasteiger partial charge in [-0.2, -0.15) is 0 Å². The minimum atomic E-state index is -1.64. The van der Waals surface area contributed by atoms with E-state index in [9.17, 15) is 4.79 Å². The Labute approximate surface area is 147 Å². The lowest BCUT2D eigenvalue weighted by Gasteiger charge is -2.28. The summed E-state index contributed by atoms with van der Waals surface area (Å²) in [6.45, 7) is 6.03. The topological polar surface area (TPSA) is 41.1 Å². The largest absolute Gasteiger partial charge is 0.362 e. The molecule has 1 atom stereocenters. The number of carbonyl (C=O) groups excluding carboxylic acids is 1. The summed E-state index contributed by atoms with van der Waals surface area (Å²) in [5.41, 5.74) is 2.95. The van der Waals surface area contributed by atoms with Crippen LogP contribution in [0.3, 0.4) is 0 Å². The molecule has 1 amide bonds. The van der Waals surface area contributed by atoms with Crippen LogP contribution in [0.4, 0.5) is 5.69 Å². The van der Waals surface area contributed by atoms with Crippen molar-refractivity contribution in [3.63, 3.8) is 0 Å². The summed E-state index contributed by atoms with van der Waals surface area (Å²) in [7, 11) is 0. The first-order valence-electron chi connectivity index (χ1n) is 7.44. The Kier molecular flexibility index (Phi) is 7.81. The van der Waals surface area contributed by atoms with Gasteiger partial charge in [0.1, 0.15) is 6.17 Å². The van der Waals surface area contributed by atoms with Crippen LogP contribution in [0.1, 0.15) is 43.7 Å². The number of benzene rings is 1. The maximum atomic E-state index is 12.0. The second-order valence-corrected chi connectivity index (χ2v) is 7.83. The van der Waals surface area contributed by atoms with E-state index < -0.39 is 9.96 Å². The summed E-state index contributed by atoms with van der Waals surface area (Å²) >= 11 is 18.0. The molecule has 3 nitrogen and oxygen atoms in total. The number of hydrogen-bond acceptors (Lipinski definition) is 2. The van der Waals surface area contributed by atoms with E-state index in [1.54, 1.807) is 0 Å². The lowest BCUT2D eigenvalue weighted by Crippen LogP contribution is -2.49. The Morgan fingerprint density at radius 2 is 1.91 bits per heavy atom. The summed E-state index contributed by atoms with van der Waals surface area (Å²) in [5.74, 6) is -0.123. The number of rotatable bonds is 7. The normalized spacial score (nSPS) is 12.8. The van der Waals surface area contributed by atoms with Crippen LogP contribution in [-0.2, 0) is 4.79 Å². The molecule has 0 aliphatic rings. The summed E-state index contributed by atoms with van der Waals surface area (Å²) in [4.78, 5) is 12.0. The maximum Gasteiger partial charge on any atom is 0.228 e. The number of anilines is 1. The van der Waals surface area contributed by atoms with E-state index in [4.69, 9.17) is 34.8 Å². The highest BCUT2D eigenvalue weighted by molar-refractivity contribution is 6.68. The molecule has 2 N–H and O–H groups in total. The monoisotopic (exact) mass is 364 g/mol. The number of carbonyl (C=O) groups is 1. The summed E-state index contributed by atoms with van der Waals surface area (Å²) in [6, 6.07) is 5.95. The molecule has 0 fully saturated rings. The molecule has 0 saturated carbocycles. The molecule has 1 aromatic rings. The van der Waals surface area contributed by atoms with Crippen molar-refractivity contribution in [1.29, 1.82) is 0 Å². The van der Waals surface area contributed by atoms with Crippen molar-refractivity contribution in [3.8, 4) is 0 Å². The molecule has 0 saturated heterocycles. The number of hydrogen-bond donors (Lipinski definition) is 2. The van der Waals surface area contributed by atoms with Gasteiger partial charge in [0.25, 0.3) is 0 Å². The van der Waals surface area contributed by atoms with Crippen molar-refractivity contribution in [2.45, 2.75) is 56.4 Å². The number of aryl methyl sites for hydroxylation is 2. The van der Waals surface area contributed by atoms with Gasteiger partial charge in [0, 0.05) is 12.1 Å². The number of unbranched alkanes of at least 4 members (excludes halogenated alkanes) is 2. The highest BCUT2D eigenvalue weighted by atomic mass is 35.6. The van der Waals surface area contributed by atoms with Gasteiger partial charge >= 0.3 is 0 Å². The quantitative estimate of drug-likeness (QED) is 0.400. The lowest BCUT2D eigenvalue weighted by atomic mass is 10.1. The minimum Gasteiger partial charge on any atom is -0.362 e. The van der Waals surface area contributed by atoms with Gasteiger partial charge in [-0.05, 0) is 37.5 Å². The Morgan fingerprint density at radius 1 is 1.23 bits per heavy atom. The maximum absolute atomic E-state index is 12.0. The molecule has 0 radical (unpaired) electrons. The standard InChI is InChI=1S/C16H23Cl3N2O/c1-4-5-6-7-14(22)21-15(16(17,18)19)20-13-10-11(2)8-9-12(13)3/h8-10,15,20H,4-7H2,1-3H3,(H,21,22)/t15-/m0/s1. The van der Waals surface area contributed by atoms with Gasteiger partial charge in [-0.3, -0.25) is 4.79 Å². The Hall–Kier alpha value is -0.640. The zero-order chi connectivity index (χ0) is 16.8. The fourth-order valence-electron chi connectivity index (χ4n) is 2.02. The van der Waals surface area contributed by atoms with Crippen molar-refractivity contribution < 1.29 is 4.79 Å². The van der Waals surface area contributed by atoms with Gasteiger partial charge in [-0.15, -0.1) is 0 Å². The SMILES string of the molecule is CCCCCC(=O)N[C@H](Nc1cc(C)ccc1C)C(Cl)(Cl)Cl. The summed E-state index contributed by atoms with van der Waals surface area (Å²) < 4.78 is -1.64. The van der Waals surface area contributed by atoms with Crippen molar-refractivity contribution in [3.05, 3.63) is 29.3 Å². The van der Waals surface area contributed by atoms with E-state index in [-0.39, 0.29) is 5.91 Å². The first-order valence-corrected chi connectivity index (χ1v) is 8.57. The molecule has 0 aromatic heterocycles. The van der Waals surface area contributed by atoms with Crippen LogP contribution in [0.5, 0.6) is 0 Å². The molecule has 0 bridgehead atoms. The fraction of sp³-hybridized carbons (Fsp3) is 0.562.